The van der Waals surface area contributed by atoms with Gasteiger partial charge in [0.15, 0.2) is 5.75 Å². The Balaban J connectivity index is 1.45. The second-order valence-electron chi connectivity index (χ2n) is 7.71. The first kappa shape index (κ1) is 20.7. The number of nitrogens with zero attached hydrogens (tertiary/aromatic N) is 5. The minimum absolute atomic E-state index is 0.0736. The molecule has 2 aromatic carbocycles. The molecule has 0 aliphatic carbocycles. The number of nitrogens with one attached hydrogen (secondary N) is 1. The quantitative estimate of drug-likeness (QED) is 0.450. The molecule has 0 saturated carbocycles. The average molecular weight is 441 g/mol. The molecule has 3 heterocycles. The Morgan fingerprint density at radius 3 is 2.67 bits per heavy atom. The molecule has 2 aromatic heterocycles. The maximum atomic E-state index is 12.9. The van der Waals surface area contributed by atoms with E-state index in [4.69, 9.17) is 9.82 Å². The van der Waals surface area contributed by atoms with Crippen molar-refractivity contribution < 1.29 is 4.84 Å². The third-order valence-corrected chi connectivity index (χ3v) is 5.59. The Morgan fingerprint density at radius 2 is 1.82 bits per heavy atom. The number of aromatic nitrogens is 4. The fourth-order valence-corrected chi connectivity index (χ4v) is 3.92. The summed E-state index contributed by atoms with van der Waals surface area (Å²) in [5.74, 6) is 2.29. The number of fused-ring (bicyclic) bond motifs is 1. The third kappa shape index (κ3) is 4.27. The summed E-state index contributed by atoms with van der Waals surface area (Å²) in [6.07, 6.45) is 3.33. The van der Waals surface area contributed by atoms with Crippen molar-refractivity contribution in [2.45, 2.75) is 26.3 Å². The Bertz CT molecular complexity index is 1320. The molecule has 8 nitrogen and oxygen atoms in total. The Morgan fingerprint density at radius 1 is 1.00 bits per heavy atom. The molecule has 0 fully saturated rings. The van der Waals surface area contributed by atoms with Gasteiger partial charge in [-0.25, -0.2) is 9.97 Å². The van der Waals surface area contributed by atoms with Gasteiger partial charge in [-0.2, -0.15) is 10.5 Å². The van der Waals surface area contributed by atoms with Crippen molar-refractivity contribution in [3.63, 3.8) is 0 Å². The van der Waals surface area contributed by atoms with Crippen molar-refractivity contribution >= 4 is 17.7 Å². The zero-order valence-electron chi connectivity index (χ0n) is 18.3. The first-order valence-corrected chi connectivity index (χ1v) is 11.0. The smallest absolute Gasteiger partial charge is 0.258 e. The zero-order valence-corrected chi connectivity index (χ0v) is 18.3. The van der Waals surface area contributed by atoms with Crippen LogP contribution in [0.2, 0.25) is 0 Å². The number of para-hydroxylation sites is 1. The van der Waals surface area contributed by atoms with Gasteiger partial charge in [0.1, 0.15) is 5.82 Å². The van der Waals surface area contributed by atoms with E-state index < -0.39 is 0 Å². The fourth-order valence-electron chi connectivity index (χ4n) is 3.92. The van der Waals surface area contributed by atoms with E-state index in [2.05, 4.69) is 22.4 Å². The van der Waals surface area contributed by atoms with Crippen LogP contribution in [0.3, 0.4) is 0 Å². The van der Waals surface area contributed by atoms with Crippen molar-refractivity contribution in [3.05, 3.63) is 88.8 Å². The zero-order chi connectivity index (χ0) is 22.6. The molecule has 33 heavy (non-hydrogen) atoms. The highest BCUT2D eigenvalue weighted by Crippen LogP contribution is 2.28. The molecule has 0 amide bonds. The van der Waals surface area contributed by atoms with Crippen LogP contribution >= 0.6 is 0 Å². The summed E-state index contributed by atoms with van der Waals surface area (Å²) in [7, 11) is 0. The molecule has 1 N–H and O–H groups in total. The highest BCUT2D eigenvalue weighted by molar-refractivity contribution is 5.63. The topological polar surface area (TPSA) is 85.2 Å². The fraction of sp³-hybridized carbons (Fsp3) is 0.200. The number of hydrogen-bond acceptors (Lipinski definition) is 7. The number of hydrogen-bond donors (Lipinski definition) is 1. The summed E-state index contributed by atoms with van der Waals surface area (Å²) < 4.78 is 1.69. The molecule has 0 spiro atoms. The van der Waals surface area contributed by atoms with Gasteiger partial charge >= 0.3 is 0 Å². The van der Waals surface area contributed by atoms with Crippen LogP contribution < -0.4 is 20.8 Å². The van der Waals surface area contributed by atoms with Crippen LogP contribution in [0.1, 0.15) is 18.9 Å². The Hall–Kier alpha value is -4.20. The summed E-state index contributed by atoms with van der Waals surface area (Å²) >= 11 is 0. The maximum Gasteiger partial charge on any atom is 0.258 e. The maximum absolute atomic E-state index is 12.9. The van der Waals surface area contributed by atoms with Gasteiger partial charge in [0.25, 0.3) is 11.5 Å². The summed E-state index contributed by atoms with van der Waals surface area (Å²) in [6.45, 7) is 3.40. The predicted octanol–water partition coefficient (Wildman–Crippen LogP) is 4.21. The highest BCUT2D eigenvalue weighted by atomic mass is 16.6. The molecule has 5 rings (SSSR count). The van der Waals surface area contributed by atoms with Crippen LogP contribution in [0.15, 0.2) is 77.7 Å². The van der Waals surface area contributed by atoms with Crippen molar-refractivity contribution in [3.8, 4) is 17.0 Å². The van der Waals surface area contributed by atoms with Crippen LogP contribution in [0.25, 0.3) is 11.3 Å². The first-order chi connectivity index (χ1) is 16.2. The Kier molecular flexibility index (Phi) is 5.72. The lowest BCUT2D eigenvalue weighted by Crippen LogP contribution is -2.36. The summed E-state index contributed by atoms with van der Waals surface area (Å²) in [5.41, 5.74) is 5.41. The van der Waals surface area contributed by atoms with Crippen LogP contribution in [0.4, 0.5) is 17.7 Å². The van der Waals surface area contributed by atoms with Gasteiger partial charge in [0, 0.05) is 30.9 Å². The van der Waals surface area contributed by atoms with Crippen molar-refractivity contribution in [1.82, 2.24) is 19.5 Å². The predicted molar refractivity (Wildman–Crippen MR) is 128 cm³/mol. The van der Waals surface area contributed by atoms with E-state index in [-0.39, 0.29) is 5.56 Å². The molecule has 0 atom stereocenters. The van der Waals surface area contributed by atoms with E-state index >= 15 is 0 Å². The summed E-state index contributed by atoms with van der Waals surface area (Å²) in [4.78, 5) is 34.3. The van der Waals surface area contributed by atoms with E-state index in [9.17, 15) is 4.79 Å². The molecule has 8 heteroatoms. The molecule has 1 aliphatic heterocycles. The minimum atomic E-state index is -0.0736. The molecule has 166 valence electrons. The largest absolute Gasteiger partial charge is 0.379 e. The van der Waals surface area contributed by atoms with E-state index in [1.54, 1.807) is 16.8 Å². The molecule has 0 unspecified atom stereocenters. The highest BCUT2D eigenvalue weighted by Gasteiger charge is 2.23. The van der Waals surface area contributed by atoms with Gasteiger partial charge in [0.2, 0.25) is 5.95 Å². The SMILES string of the molecule is CCc1ccccc1ONc1nccc(N2CCCn3c2nc(-c2ccccc2)cc3=O)n1. The second-order valence-corrected chi connectivity index (χ2v) is 7.71. The van der Waals surface area contributed by atoms with Gasteiger partial charge in [-0.3, -0.25) is 14.3 Å². The molecular weight excluding hydrogens is 416 g/mol. The van der Waals surface area contributed by atoms with E-state index in [1.165, 1.54) is 0 Å². The van der Waals surface area contributed by atoms with Gasteiger partial charge in [-0.05, 0) is 30.5 Å². The number of rotatable bonds is 6. The van der Waals surface area contributed by atoms with Gasteiger partial charge < -0.3 is 4.84 Å². The summed E-state index contributed by atoms with van der Waals surface area (Å²) in [6, 6.07) is 20.9. The number of anilines is 3. The van der Waals surface area contributed by atoms with Gasteiger partial charge in [0.05, 0.1) is 5.69 Å². The lowest BCUT2D eigenvalue weighted by atomic mass is 10.1. The van der Waals surface area contributed by atoms with Crippen molar-refractivity contribution in [1.29, 1.82) is 0 Å². The lowest BCUT2D eigenvalue weighted by molar-refractivity contribution is 0.395. The lowest BCUT2D eigenvalue weighted by Gasteiger charge is -2.30. The van der Waals surface area contributed by atoms with E-state index in [0.29, 0.717) is 36.5 Å². The molecule has 0 saturated heterocycles. The molecule has 1 aliphatic rings. The van der Waals surface area contributed by atoms with Gasteiger partial charge in [-0.1, -0.05) is 55.5 Å². The normalized spacial score (nSPS) is 12.8. The molecule has 0 bridgehead atoms. The van der Waals surface area contributed by atoms with E-state index in [0.717, 1.165) is 29.7 Å². The van der Waals surface area contributed by atoms with E-state index in [1.807, 2.05) is 65.6 Å². The third-order valence-electron chi connectivity index (χ3n) is 5.59. The van der Waals surface area contributed by atoms with Gasteiger partial charge in [-0.15, -0.1) is 0 Å². The Labute approximate surface area is 191 Å². The number of benzene rings is 2. The minimum Gasteiger partial charge on any atom is -0.379 e. The molecule has 0 radical (unpaired) electrons. The summed E-state index contributed by atoms with van der Waals surface area (Å²) in [5, 5.41) is 0. The molecular formula is C25H24N6O2. The van der Waals surface area contributed by atoms with Crippen LogP contribution in [-0.4, -0.2) is 26.1 Å². The van der Waals surface area contributed by atoms with Crippen LogP contribution in [0, 0.1) is 0 Å². The van der Waals surface area contributed by atoms with Crippen LogP contribution in [0.5, 0.6) is 5.75 Å². The average Bonchev–Trinajstić information content (AvgIpc) is 2.88. The van der Waals surface area contributed by atoms with Crippen molar-refractivity contribution in [2.24, 2.45) is 0 Å². The first-order valence-electron chi connectivity index (χ1n) is 11.0. The number of aryl methyl sites for hydroxylation is 1. The van der Waals surface area contributed by atoms with Crippen LogP contribution in [-0.2, 0) is 13.0 Å². The molecule has 4 aromatic rings. The second kappa shape index (κ2) is 9.12. The van der Waals surface area contributed by atoms with Crippen molar-refractivity contribution in [2.75, 3.05) is 16.9 Å². The standard InChI is InChI=1S/C25H24N6O2/c1-2-18-9-6-7-12-21(18)33-29-24-26-14-13-22(28-24)30-15-8-16-31-23(32)17-20(27-25(30)31)19-10-4-3-5-11-19/h3-7,9-14,17H,2,8,15-16H2,1H3,(H,26,28,29). The monoisotopic (exact) mass is 440 g/mol.